The highest BCUT2D eigenvalue weighted by Gasteiger charge is 2.08. The van der Waals surface area contributed by atoms with Crippen LogP contribution in [0.15, 0.2) is 24.8 Å². The number of nitrogens with zero attached hydrogens (tertiary/aromatic N) is 5. The first-order chi connectivity index (χ1) is 10.7. The first-order valence-corrected chi connectivity index (χ1v) is 6.49. The highest BCUT2D eigenvalue weighted by Crippen LogP contribution is 2.15. The zero-order chi connectivity index (χ0) is 15.8. The maximum absolute atomic E-state index is 11.6. The second-order valence-corrected chi connectivity index (χ2v) is 4.26. The van der Waals surface area contributed by atoms with E-state index in [0.29, 0.717) is 24.7 Å². The Morgan fingerprint density at radius 1 is 1.45 bits per heavy atom. The van der Waals surface area contributed by atoms with Gasteiger partial charge in [-0.3, -0.25) is 9.48 Å². The van der Waals surface area contributed by atoms with Crippen molar-refractivity contribution >= 4 is 17.4 Å². The van der Waals surface area contributed by atoms with Crippen LogP contribution in [-0.4, -0.2) is 45.9 Å². The molecule has 2 N–H and O–H groups in total. The molecule has 0 fully saturated rings. The first-order valence-electron chi connectivity index (χ1n) is 6.49. The average molecular weight is 301 g/mol. The Bertz CT molecular complexity index is 677. The molecule has 0 saturated carbocycles. The molecule has 2 heterocycles. The topological polar surface area (TPSA) is 118 Å². The Morgan fingerprint density at radius 2 is 2.27 bits per heavy atom. The molecule has 0 aromatic carbocycles. The number of rotatable bonds is 7. The molecule has 0 aliphatic rings. The number of hydrogen-bond donors (Lipinski definition) is 2. The van der Waals surface area contributed by atoms with E-state index in [0.717, 1.165) is 0 Å². The molecule has 114 valence electrons. The van der Waals surface area contributed by atoms with Crippen molar-refractivity contribution in [2.45, 2.75) is 6.54 Å². The van der Waals surface area contributed by atoms with E-state index in [2.05, 4.69) is 25.7 Å². The third-order valence-corrected chi connectivity index (χ3v) is 2.63. The fourth-order valence-corrected chi connectivity index (χ4v) is 1.66. The van der Waals surface area contributed by atoms with Gasteiger partial charge in [0.05, 0.1) is 18.5 Å². The Labute approximate surface area is 126 Å². The molecule has 0 radical (unpaired) electrons. The number of nitriles is 1. The molecule has 9 nitrogen and oxygen atoms in total. The van der Waals surface area contributed by atoms with Gasteiger partial charge in [0, 0.05) is 32.2 Å². The molecular weight excluding hydrogens is 286 g/mol. The molecule has 0 bridgehead atoms. The predicted molar refractivity (Wildman–Crippen MR) is 77.1 cm³/mol. The molecule has 2 aromatic rings. The lowest BCUT2D eigenvalue weighted by atomic mass is 10.4. The van der Waals surface area contributed by atoms with Crippen LogP contribution in [0.5, 0.6) is 0 Å². The minimum Gasteiger partial charge on any atom is -0.383 e. The maximum atomic E-state index is 11.6. The Balaban J connectivity index is 1.94. The Kier molecular flexibility index (Phi) is 5.39. The van der Waals surface area contributed by atoms with Gasteiger partial charge in [-0.15, -0.1) is 0 Å². The van der Waals surface area contributed by atoms with E-state index in [1.807, 2.05) is 6.07 Å². The van der Waals surface area contributed by atoms with Crippen molar-refractivity contribution in [3.05, 3.63) is 30.5 Å². The van der Waals surface area contributed by atoms with Gasteiger partial charge < -0.3 is 15.4 Å². The minimum absolute atomic E-state index is 0.0942. The summed E-state index contributed by atoms with van der Waals surface area (Å²) in [5, 5.41) is 18.7. The highest BCUT2D eigenvalue weighted by molar-refractivity contribution is 5.75. The van der Waals surface area contributed by atoms with Gasteiger partial charge in [-0.25, -0.2) is 9.97 Å². The summed E-state index contributed by atoms with van der Waals surface area (Å²) in [4.78, 5) is 19.6. The fourth-order valence-electron chi connectivity index (χ4n) is 1.66. The van der Waals surface area contributed by atoms with Crippen LogP contribution in [0.3, 0.4) is 0 Å². The summed E-state index contributed by atoms with van der Waals surface area (Å²) >= 11 is 0. The normalized spacial score (nSPS) is 10.0. The number of methoxy groups -OCH3 is 1. The summed E-state index contributed by atoms with van der Waals surface area (Å²) in [6.07, 6.45) is 6.11. The number of ether oxygens (including phenoxy) is 1. The van der Waals surface area contributed by atoms with E-state index in [9.17, 15) is 4.79 Å². The van der Waals surface area contributed by atoms with E-state index in [4.69, 9.17) is 10.00 Å². The molecule has 22 heavy (non-hydrogen) atoms. The van der Waals surface area contributed by atoms with Crippen LogP contribution < -0.4 is 10.6 Å². The number of nitrogens with one attached hydrogen (secondary N) is 2. The van der Waals surface area contributed by atoms with Gasteiger partial charge in [-0.1, -0.05) is 0 Å². The Hall–Kier alpha value is -2.99. The third-order valence-electron chi connectivity index (χ3n) is 2.63. The van der Waals surface area contributed by atoms with Crippen LogP contribution in [0.2, 0.25) is 0 Å². The number of amides is 1. The van der Waals surface area contributed by atoms with E-state index < -0.39 is 0 Å². The van der Waals surface area contributed by atoms with Crippen molar-refractivity contribution in [3.8, 4) is 6.07 Å². The lowest BCUT2D eigenvalue weighted by Gasteiger charge is -2.04. The van der Waals surface area contributed by atoms with Crippen molar-refractivity contribution < 1.29 is 9.53 Å². The second kappa shape index (κ2) is 7.70. The number of anilines is 2. The highest BCUT2D eigenvalue weighted by atomic mass is 16.5. The van der Waals surface area contributed by atoms with Crippen molar-refractivity contribution in [1.29, 1.82) is 5.26 Å². The quantitative estimate of drug-likeness (QED) is 0.694. The minimum atomic E-state index is -0.163. The smallest absolute Gasteiger partial charge is 0.241 e. The summed E-state index contributed by atoms with van der Waals surface area (Å²) in [5.74, 6) is 0.179. The fraction of sp³-hybridized carbons (Fsp3) is 0.308. The molecule has 0 aliphatic carbocycles. The van der Waals surface area contributed by atoms with Crippen LogP contribution in [-0.2, 0) is 16.1 Å². The van der Waals surface area contributed by atoms with Gasteiger partial charge >= 0.3 is 0 Å². The van der Waals surface area contributed by atoms with Crippen LogP contribution in [0.25, 0.3) is 0 Å². The SMILES string of the molecule is COCCNC(=O)Cn1cc(Nc2nccnc2C#N)cn1. The standard InChI is InChI=1S/C13H15N7O2/c1-22-5-4-16-12(21)9-20-8-10(7-18-20)19-13-11(6-14)15-2-3-17-13/h2-3,7-8H,4-5,9H2,1H3,(H,16,21)(H,17,19). The summed E-state index contributed by atoms with van der Waals surface area (Å²) in [7, 11) is 1.57. The maximum Gasteiger partial charge on any atom is 0.241 e. The van der Waals surface area contributed by atoms with Gasteiger partial charge in [0.25, 0.3) is 0 Å². The molecule has 0 spiro atoms. The zero-order valence-electron chi connectivity index (χ0n) is 12.0. The molecular formula is C13H15N7O2. The van der Waals surface area contributed by atoms with Crippen LogP contribution in [0, 0.1) is 11.3 Å². The predicted octanol–water partition coefficient (Wildman–Crippen LogP) is 0.0510. The van der Waals surface area contributed by atoms with Crippen molar-refractivity contribution in [3.63, 3.8) is 0 Å². The van der Waals surface area contributed by atoms with Gasteiger partial charge in [-0.2, -0.15) is 10.4 Å². The molecule has 2 aromatic heterocycles. The number of aromatic nitrogens is 4. The van der Waals surface area contributed by atoms with Crippen LogP contribution >= 0.6 is 0 Å². The summed E-state index contributed by atoms with van der Waals surface area (Å²) in [5.41, 5.74) is 0.800. The molecule has 0 unspecified atom stereocenters. The summed E-state index contributed by atoms with van der Waals surface area (Å²) < 4.78 is 6.33. The van der Waals surface area contributed by atoms with E-state index >= 15 is 0 Å². The first kappa shape index (κ1) is 15.4. The molecule has 1 amide bonds. The zero-order valence-corrected chi connectivity index (χ0v) is 12.0. The van der Waals surface area contributed by atoms with Gasteiger partial charge in [0.2, 0.25) is 5.91 Å². The van der Waals surface area contributed by atoms with Crippen molar-refractivity contribution in [2.75, 3.05) is 25.6 Å². The largest absolute Gasteiger partial charge is 0.383 e. The Morgan fingerprint density at radius 3 is 3.05 bits per heavy atom. The number of hydrogen-bond acceptors (Lipinski definition) is 7. The van der Waals surface area contributed by atoms with Gasteiger partial charge in [0.15, 0.2) is 11.5 Å². The molecule has 9 heteroatoms. The van der Waals surface area contributed by atoms with E-state index in [-0.39, 0.29) is 18.1 Å². The lowest BCUT2D eigenvalue weighted by molar-refractivity contribution is -0.122. The number of carbonyl (C=O) groups is 1. The molecule has 0 aliphatic heterocycles. The monoisotopic (exact) mass is 301 g/mol. The second-order valence-electron chi connectivity index (χ2n) is 4.26. The van der Waals surface area contributed by atoms with Crippen LogP contribution in [0.4, 0.5) is 11.5 Å². The third kappa shape index (κ3) is 4.26. The van der Waals surface area contributed by atoms with Gasteiger partial charge in [0.1, 0.15) is 12.6 Å². The van der Waals surface area contributed by atoms with Crippen molar-refractivity contribution in [1.82, 2.24) is 25.1 Å². The van der Waals surface area contributed by atoms with Crippen molar-refractivity contribution in [2.24, 2.45) is 0 Å². The van der Waals surface area contributed by atoms with E-state index in [1.165, 1.54) is 23.3 Å². The number of carbonyl (C=O) groups excluding carboxylic acids is 1. The van der Waals surface area contributed by atoms with E-state index in [1.54, 1.807) is 13.3 Å². The molecule has 0 atom stereocenters. The summed E-state index contributed by atoms with van der Waals surface area (Å²) in [6.45, 7) is 1.01. The average Bonchev–Trinajstić information content (AvgIpc) is 2.95. The van der Waals surface area contributed by atoms with Gasteiger partial charge in [-0.05, 0) is 0 Å². The lowest BCUT2D eigenvalue weighted by Crippen LogP contribution is -2.30. The molecule has 0 saturated heterocycles. The molecule has 2 rings (SSSR count). The van der Waals surface area contributed by atoms with Crippen LogP contribution in [0.1, 0.15) is 5.69 Å². The summed E-state index contributed by atoms with van der Waals surface area (Å²) in [6, 6.07) is 1.94.